The predicted octanol–water partition coefficient (Wildman–Crippen LogP) is 4.58. The number of benzene rings is 1. The Labute approximate surface area is 150 Å². The number of nitrogen functional groups attached to an aromatic ring is 1. The van der Waals surface area contributed by atoms with Crippen LogP contribution in [0.5, 0.6) is 11.6 Å². The first-order valence-corrected chi connectivity index (χ1v) is 8.25. The zero-order valence-corrected chi connectivity index (χ0v) is 14.8. The summed E-state index contributed by atoms with van der Waals surface area (Å²) in [7, 11) is 0. The average Bonchev–Trinajstić information content (AvgIpc) is 3.05. The summed E-state index contributed by atoms with van der Waals surface area (Å²) < 4.78 is 11.4. The first-order chi connectivity index (χ1) is 12.5. The van der Waals surface area contributed by atoms with Crippen molar-refractivity contribution in [3.8, 4) is 22.8 Å². The maximum Gasteiger partial charge on any atom is 0.230 e. The number of fused-ring (bicyclic) bond motifs is 1. The third-order valence-corrected chi connectivity index (χ3v) is 4.31. The Morgan fingerprint density at radius 2 is 1.77 bits per heavy atom. The Kier molecular flexibility index (Phi) is 3.80. The summed E-state index contributed by atoms with van der Waals surface area (Å²) in [5.74, 6) is 1.52. The molecule has 3 heterocycles. The predicted molar refractivity (Wildman–Crippen MR) is 100 cm³/mol. The molecule has 0 bridgehead atoms. The van der Waals surface area contributed by atoms with Gasteiger partial charge < -0.3 is 14.9 Å². The largest absolute Gasteiger partial charge is 0.464 e. The van der Waals surface area contributed by atoms with Crippen molar-refractivity contribution in [3.63, 3.8) is 0 Å². The normalized spacial score (nSPS) is 11.0. The highest BCUT2D eigenvalue weighted by Crippen LogP contribution is 2.33. The van der Waals surface area contributed by atoms with Gasteiger partial charge in [0.15, 0.2) is 0 Å². The highest BCUT2D eigenvalue weighted by atomic mass is 16.5. The molecule has 0 unspecified atom stereocenters. The van der Waals surface area contributed by atoms with Gasteiger partial charge in [0, 0.05) is 11.8 Å². The summed E-state index contributed by atoms with van der Waals surface area (Å²) in [4.78, 5) is 12.9. The summed E-state index contributed by atoms with van der Waals surface area (Å²) in [6.45, 7) is 5.91. The maximum atomic E-state index is 5.98. The molecule has 0 atom stereocenters. The van der Waals surface area contributed by atoms with Crippen molar-refractivity contribution in [2.24, 2.45) is 0 Å². The fourth-order valence-corrected chi connectivity index (χ4v) is 3.17. The van der Waals surface area contributed by atoms with E-state index in [-0.39, 0.29) is 0 Å². The van der Waals surface area contributed by atoms with E-state index in [1.165, 1.54) is 0 Å². The molecular weight excluding hydrogens is 328 g/mol. The molecule has 26 heavy (non-hydrogen) atoms. The number of hydrogen-bond acceptors (Lipinski definition) is 6. The fraction of sp³-hybridized carbons (Fsp3) is 0.150. The number of nitrogens with zero attached hydrogens (tertiary/aromatic N) is 3. The van der Waals surface area contributed by atoms with Crippen LogP contribution in [0.15, 0.2) is 47.2 Å². The van der Waals surface area contributed by atoms with Crippen LogP contribution in [0.2, 0.25) is 0 Å². The lowest BCUT2D eigenvalue weighted by molar-refractivity contribution is 0.468. The van der Waals surface area contributed by atoms with Gasteiger partial charge in [0.05, 0.1) is 23.0 Å². The Hall–Kier alpha value is -3.41. The molecule has 0 saturated heterocycles. The van der Waals surface area contributed by atoms with Crippen LogP contribution in [0, 0.1) is 20.8 Å². The van der Waals surface area contributed by atoms with E-state index >= 15 is 0 Å². The van der Waals surface area contributed by atoms with Gasteiger partial charge in [0.1, 0.15) is 11.3 Å². The summed E-state index contributed by atoms with van der Waals surface area (Å²) in [6, 6.07) is 9.55. The lowest BCUT2D eigenvalue weighted by Gasteiger charge is -2.13. The third kappa shape index (κ3) is 2.75. The molecule has 0 aliphatic heterocycles. The minimum atomic E-state index is 0.292. The Bertz CT molecular complexity index is 1090. The molecule has 4 rings (SSSR count). The molecular formula is C20H18N4O2. The van der Waals surface area contributed by atoms with E-state index in [0.29, 0.717) is 17.6 Å². The number of furan rings is 1. The second-order valence-corrected chi connectivity index (χ2v) is 6.15. The van der Waals surface area contributed by atoms with Gasteiger partial charge in [-0.05, 0) is 56.2 Å². The first-order valence-electron chi connectivity index (χ1n) is 8.25. The standard InChI is InChI=1S/C20H18N4O2/c1-11-10-14(26-19-16-7-9-25-17(16)6-8-22-19)4-5-15(11)18-12(2)23-20(21)24-13(18)3/h4-10H,1-3H3,(H2,21,23,24). The lowest BCUT2D eigenvalue weighted by atomic mass is 9.98. The molecule has 3 aromatic heterocycles. The van der Waals surface area contributed by atoms with E-state index < -0.39 is 0 Å². The third-order valence-electron chi connectivity index (χ3n) is 4.31. The zero-order valence-electron chi connectivity index (χ0n) is 14.8. The van der Waals surface area contributed by atoms with Gasteiger partial charge >= 0.3 is 0 Å². The molecule has 0 aliphatic rings. The van der Waals surface area contributed by atoms with Crippen molar-refractivity contribution >= 4 is 16.9 Å². The number of aryl methyl sites for hydroxylation is 3. The van der Waals surface area contributed by atoms with Gasteiger partial charge in [-0.15, -0.1) is 0 Å². The molecule has 0 amide bonds. The van der Waals surface area contributed by atoms with Gasteiger partial charge in [-0.25, -0.2) is 15.0 Å². The van der Waals surface area contributed by atoms with E-state index in [4.69, 9.17) is 14.9 Å². The molecule has 0 fully saturated rings. The zero-order chi connectivity index (χ0) is 18.3. The molecule has 0 aliphatic carbocycles. The molecule has 0 radical (unpaired) electrons. The van der Waals surface area contributed by atoms with E-state index in [9.17, 15) is 0 Å². The summed E-state index contributed by atoms with van der Waals surface area (Å²) in [5.41, 5.74) is 11.3. The van der Waals surface area contributed by atoms with Crippen LogP contribution in [0.1, 0.15) is 17.0 Å². The van der Waals surface area contributed by atoms with Crippen molar-refractivity contribution in [1.82, 2.24) is 15.0 Å². The molecule has 1 aromatic carbocycles. The highest BCUT2D eigenvalue weighted by molar-refractivity contribution is 5.82. The van der Waals surface area contributed by atoms with Crippen LogP contribution in [0.3, 0.4) is 0 Å². The van der Waals surface area contributed by atoms with Crippen molar-refractivity contribution in [1.29, 1.82) is 0 Å². The molecule has 0 saturated carbocycles. The molecule has 6 nitrogen and oxygen atoms in total. The van der Waals surface area contributed by atoms with Gasteiger partial charge in [-0.2, -0.15) is 0 Å². The van der Waals surface area contributed by atoms with Crippen molar-refractivity contribution in [2.75, 3.05) is 5.73 Å². The Balaban J connectivity index is 1.72. The van der Waals surface area contributed by atoms with E-state index in [2.05, 4.69) is 15.0 Å². The van der Waals surface area contributed by atoms with Crippen LogP contribution in [0.25, 0.3) is 22.1 Å². The molecule has 6 heteroatoms. The number of aromatic nitrogens is 3. The van der Waals surface area contributed by atoms with Gasteiger partial charge in [0.25, 0.3) is 0 Å². The Morgan fingerprint density at radius 1 is 1.00 bits per heavy atom. The van der Waals surface area contributed by atoms with E-state index in [1.54, 1.807) is 12.5 Å². The molecule has 0 spiro atoms. The topological polar surface area (TPSA) is 87.1 Å². The number of pyridine rings is 1. The van der Waals surface area contributed by atoms with E-state index in [0.717, 1.165) is 39.0 Å². The van der Waals surface area contributed by atoms with Crippen LogP contribution < -0.4 is 10.5 Å². The quantitative estimate of drug-likeness (QED) is 0.584. The smallest absolute Gasteiger partial charge is 0.230 e. The van der Waals surface area contributed by atoms with Gasteiger partial charge in [0.2, 0.25) is 11.8 Å². The number of rotatable bonds is 3. The fourth-order valence-electron chi connectivity index (χ4n) is 3.17. The lowest BCUT2D eigenvalue weighted by Crippen LogP contribution is -2.02. The minimum Gasteiger partial charge on any atom is -0.464 e. The number of anilines is 1. The number of nitrogens with two attached hydrogens (primary N) is 1. The van der Waals surface area contributed by atoms with Crippen LogP contribution in [-0.4, -0.2) is 15.0 Å². The summed E-state index contributed by atoms with van der Waals surface area (Å²) in [6.07, 6.45) is 3.29. The van der Waals surface area contributed by atoms with Crippen LogP contribution >= 0.6 is 0 Å². The second kappa shape index (κ2) is 6.15. The molecule has 2 N–H and O–H groups in total. The van der Waals surface area contributed by atoms with Crippen molar-refractivity contribution in [2.45, 2.75) is 20.8 Å². The second-order valence-electron chi connectivity index (χ2n) is 6.15. The number of hydrogen-bond donors (Lipinski definition) is 1. The first kappa shape index (κ1) is 16.1. The van der Waals surface area contributed by atoms with Crippen molar-refractivity contribution < 1.29 is 9.15 Å². The SMILES string of the molecule is Cc1cc(Oc2nccc3occc23)ccc1-c1c(C)nc(N)nc1C. The summed E-state index contributed by atoms with van der Waals surface area (Å²) >= 11 is 0. The van der Waals surface area contributed by atoms with E-state index in [1.807, 2.05) is 51.1 Å². The molecule has 4 aromatic rings. The minimum absolute atomic E-state index is 0.292. The van der Waals surface area contributed by atoms with Gasteiger partial charge in [-0.3, -0.25) is 0 Å². The maximum absolute atomic E-state index is 5.98. The Morgan fingerprint density at radius 3 is 2.50 bits per heavy atom. The molecule has 130 valence electrons. The monoisotopic (exact) mass is 346 g/mol. The highest BCUT2D eigenvalue weighted by Gasteiger charge is 2.13. The summed E-state index contributed by atoms with van der Waals surface area (Å²) in [5, 5.41) is 0.841. The average molecular weight is 346 g/mol. The van der Waals surface area contributed by atoms with Crippen LogP contribution in [0.4, 0.5) is 5.95 Å². The van der Waals surface area contributed by atoms with Crippen LogP contribution in [-0.2, 0) is 0 Å². The number of ether oxygens (including phenoxy) is 1. The van der Waals surface area contributed by atoms with Gasteiger partial charge in [-0.1, -0.05) is 6.07 Å². The van der Waals surface area contributed by atoms with Crippen molar-refractivity contribution in [3.05, 3.63) is 59.7 Å².